The predicted molar refractivity (Wildman–Crippen MR) is 147 cm³/mol. The van der Waals surface area contributed by atoms with E-state index in [0.29, 0.717) is 21.3 Å². The van der Waals surface area contributed by atoms with Crippen molar-refractivity contribution in [1.82, 2.24) is 10.2 Å². The number of aryl methyl sites for hydroxylation is 1. The van der Waals surface area contributed by atoms with Crippen LogP contribution < -0.4 is 9.62 Å². The van der Waals surface area contributed by atoms with Gasteiger partial charge in [-0.05, 0) is 64.8 Å². The van der Waals surface area contributed by atoms with Gasteiger partial charge in [-0.25, -0.2) is 8.42 Å². The van der Waals surface area contributed by atoms with Crippen molar-refractivity contribution in [3.63, 3.8) is 0 Å². The first-order chi connectivity index (χ1) is 16.6. The number of halogens is 2. The number of hydrogen-bond acceptors (Lipinski definition) is 4. The Hall–Kier alpha value is -2.29. The molecular weight excluding hydrogens is 521 g/mol. The number of sulfonamides is 1. The van der Waals surface area contributed by atoms with E-state index in [1.165, 1.54) is 9.21 Å². The second-order valence-corrected chi connectivity index (χ2v) is 12.6. The minimum Gasteiger partial charge on any atom is -0.350 e. The zero-order valence-electron chi connectivity index (χ0n) is 21.6. The number of benzene rings is 2. The van der Waals surface area contributed by atoms with Gasteiger partial charge in [-0.15, -0.1) is 0 Å². The van der Waals surface area contributed by atoms with Crippen molar-refractivity contribution in [2.45, 2.75) is 65.6 Å². The Bertz CT molecular complexity index is 1180. The fraction of sp³-hybridized carbons (Fsp3) is 0.462. The number of rotatable bonds is 10. The molecule has 10 heteroatoms. The summed E-state index contributed by atoms with van der Waals surface area (Å²) in [6.07, 6.45) is 1.44. The zero-order chi connectivity index (χ0) is 27.3. The topological polar surface area (TPSA) is 86.8 Å². The van der Waals surface area contributed by atoms with Crippen LogP contribution in [0.1, 0.15) is 51.7 Å². The molecule has 0 radical (unpaired) electrons. The Kier molecular flexibility index (Phi) is 10.2. The molecule has 0 spiro atoms. The van der Waals surface area contributed by atoms with Crippen LogP contribution in [0.15, 0.2) is 42.5 Å². The Morgan fingerprint density at radius 1 is 1.03 bits per heavy atom. The van der Waals surface area contributed by atoms with Crippen molar-refractivity contribution < 1.29 is 18.0 Å². The lowest BCUT2D eigenvalue weighted by molar-refractivity contribution is -0.141. The SMILES string of the molecule is Cc1ccccc1N(CCCC(=O)N(Cc1c(Cl)cccc1Cl)C(C)C(=O)NC(C)(C)C)S(C)(=O)=O. The van der Waals surface area contributed by atoms with Gasteiger partial charge in [0.1, 0.15) is 6.04 Å². The number of hydrogen-bond donors (Lipinski definition) is 1. The molecule has 0 bridgehead atoms. The Labute approximate surface area is 224 Å². The lowest BCUT2D eigenvalue weighted by Crippen LogP contribution is -2.52. The van der Waals surface area contributed by atoms with Gasteiger partial charge in [-0.3, -0.25) is 13.9 Å². The quantitative estimate of drug-likeness (QED) is 0.437. The Balaban J connectivity index is 2.26. The van der Waals surface area contributed by atoms with Crippen molar-refractivity contribution in [2.75, 3.05) is 17.1 Å². The van der Waals surface area contributed by atoms with E-state index in [9.17, 15) is 18.0 Å². The van der Waals surface area contributed by atoms with Crippen LogP contribution in [0.4, 0.5) is 5.69 Å². The third kappa shape index (κ3) is 8.39. The standard InChI is InChI=1S/C26H35Cl2N3O4S/c1-18-11-7-8-14-23(18)31(36(6,34)35)16-10-15-24(32)30(19(2)25(33)29-26(3,4)5)17-20-21(27)12-9-13-22(20)28/h7-9,11-14,19H,10,15-17H2,1-6H3,(H,29,33). The number of para-hydroxylation sites is 1. The first-order valence-electron chi connectivity index (χ1n) is 11.7. The Morgan fingerprint density at radius 2 is 1.61 bits per heavy atom. The van der Waals surface area contributed by atoms with Gasteiger partial charge in [0, 0.05) is 40.7 Å². The van der Waals surface area contributed by atoms with Crippen molar-refractivity contribution in [3.8, 4) is 0 Å². The molecule has 1 N–H and O–H groups in total. The fourth-order valence-corrected chi connectivity index (χ4v) is 5.28. The number of carbonyl (C=O) groups is 2. The van der Waals surface area contributed by atoms with Crippen molar-refractivity contribution in [1.29, 1.82) is 0 Å². The predicted octanol–water partition coefficient (Wildman–Crippen LogP) is 5.18. The van der Waals surface area contributed by atoms with Crippen LogP contribution in [0.2, 0.25) is 10.0 Å². The van der Waals surface area contributed by atoms with Gasteiger partial charge in [0.2, 0.25) is 21.8 Å². The lowest BCUT2D eigenvalue weighted by Gasteiger charge is -2.32. The molecule has 2 amide bonds. The second kappa shape index (κ2) is 12.3. The second-order valence-electron chi connectivity index (χ2n) is 9.86. The van der Waals surface area contributed by atoms with Crippen LogP contribution in [0, 0.1) is 6.92 Å². The van der Waals surface area contributed by atoms with Crippen LogP contribution in [0.3, 0.4) is 0 Å². The first kappa shape index (κ1) is 29.9. The molecule has 7 nitrogen and oxygen atoms in total. The van der Waals surface area contributed by atoms with E-state index < -0.39 is 21.6 Å². The molecule has 198 valence electrons. The van der Waals surface area contributed by atoms with E-state index in [1.807, 2.05) is 39.8 Å². The van der Waals surface area contributed by atoms with Gasteiger partial charge in [-0.2, -0.15) is 0 Å². The molecule has 0 aromatic heterocycles. The molecule has 0 aliphatic rings. The van der Waals surface area contributed by atoms with Gasteiger partial charge >= 0.3 is 0 Å². The molecule has 36 heavy (non-hydrogen) atoms. The zero-order valence-corrected chi connectivity index (χ0v) is 24.0. The summed E-state index contributed by atoms with van der Waals surface area (Å²) >= 11 is 12.7. The maximum Gasteiger partial charge on any atom is 0.242 e. The molecule has 2 aromatic rings. The highest BCUT2D eigenvalue weighted by Crippen LogP contribution is 2.27. The summed E-state index contributed by atoms with van der Waals surface area (Å²) in [6.45, 7) is 9.24. The van der Waals surface area contributed by atoms with Crippen LogP contribution in [0.5, 0.6) is 0 Å². The van der Waals surface area contributed by atoms with Gasteiger partial charge < -0.3 is 10.2 Å². The summed E-state index contributed by atoms with van der Waals surface area (Å²) in [5.74, 6) is -0.613. The summed E-state index contributed by atoms with van der Waals surface area (Å²) in [7, 11) is -3.56. The third-order valence-corrected chi connectivity index (χ3v) is 7.48. The van der Waals surface area contributed by atoms with E-state index in [4.69, 9.17) is 23.2 Å². The van der Waals surface area contributed by atoms with Crippen LogP contribution in [-0.4, -0.2) is 49.5 Å². The van der Waals surface area contributed by atoms with Crippen molar-refractivity contribution >= 4 is 50.7 Å². The molecule has 0 aliphatic carbocycles. The number of carbonyl (C=O) groups excluding carboxylic acids is 2. The molecule has 0 aliphatic heterocycles. The molecule has 2 rings (SSSR count). The van der Waals surface area contributed by atoms with Gasteiger partial charge in [-0.1, -0.05) is 47.5 Å². The normalized spacial score (nSPS) is 12.7. The van der Waals surface area contributed by atoms with Gasteiger partial charge in [0.25, 0.3) is 0 Å². The molecule has 1 atom stereocenters. The summed E-state index contributed by atoms with van der Waals surface area (Å²) in [4.78, 5) is 27.8. The van der Waals surface area contributed by atoms with E-state index in [2.05, 4.69) is 5.32 Å². The molecule has 0 saturated carbocycles. The molecule has 2 aromatic carbocycles. The number of anilines is 1. The maximum atomic E-state index is 13.4. The molecule has 0 saturated heterocycles. The van der Waals surface area contributed by atoms with Crippen LogP contribution >= 0.6 is 23.2 Å². The average molecular weight is 557 g/mol. The fourth-order valence-electron chi connectivity index (χ4n) is 3.74. The van der Waals surface area contributed by atoms with Crippen molar-refractivity contribution in [3.05, 3.63) is 63.6 Å². The number of nitrogens with one attached hydrogen (secondary N) is 1. The van der Waals surface area contributed by atoms with E-state index in [0.717, 1.165) is 11.8 Å². The summed E-state index contributed by atoms with van der Waals surface area (Å²) in [5.41, 5.74) is 1.45. The largest absolute Gasteiger partial charge is 0.350 e. The highest BCUT2D eigenvalue weighted by molar-refractivity contribution is 7.92. The van der Waals surface area contributed by atoms with E-state index in [1.54, 1.807) is 37.3 Å². The highest BCUT2D eigenvalue weighted by atomic mass is 35.5. The smallest absolute Gasteiger partial charge is 0.242 e. The maximum absolute atomic E-state index is 13.4. The Morgan fingerprint density at radius 3 is 2.14 bits per heavy atom. The summed E-state index contributed by atoms with van der Waals surface area (Å²) < 4.78 is 26.3. The van der Waals surface area contributed by atoms with Crippen molar-refractivity contribution in [2.24, 2.45) is 0 Å². The average Bonchev–Trinajstić information content (AvgIpc) is 2.75. The summed E-state index contributed by atoms with van der Waals surface area (Å²) in [5, 5.41) is 3.69. The highest BCUT2D eigenvalue weighted by Gasteiger charge is 2.29. The number of nitrogens with zero attached hydrogens (tertiary/aromatic N) is 2. The number of amides is 2. The van der Waals surface area contributed by atoms with E-state index in [-0.39, 0.29) is 37.7 Å². The third-order valence-electron chi connectivity index (χ3n) is 5.59. The first-order valence-corrected chi connectivity index (χ1v) is 14.3. The monoisotopic (exact) mass is 555 g/mol. The van der Waals surface area contributed by atoms with Crippen LogP contribution in [-0.2, 0) is 26.2 Å². The van der Waals surface area contributed by atoms with E-state index >= 15 is 0 Å². The molecule has 0 fully saturated rings. The van der Waals surface area contributed by atoms with Gasteiger partial charge in [0.15, 0.2) is 0 Å². The summed E-state index contributed by atoms with van der Waals surface area (Å²) in [6, 6.07) is 11.5. The lowest BCUT2D eigenvalue weighted by atomic mass is 10.1. The molecule has 0 heterocycles. The minimum absolute atomic E-state index is 0.0348. The minimum atomic E-state index is -3.56. The van der Waals surface area contributed by atoms with Gasteiger partial charge in [0.05, 0.1) is 11.9 Å². The molecule has 1 unspecified atom stereocenters. The van der Waals surface area contributed by atoms with Crippen LogP contribution in [0.25, 0.3) is 0 Å². The molecular formula is C26H35Cl2N3O4S.